The van der Waals surface area contributed by atoms with Crippen LogP contribution in [-0.2, 0) is 6.54 Å². The summed E-state index contributed by atoms with van der Waals surface area (Å²) in [5.41, 5.74) is 4.25. The largest absolute Gasteiger partial charge is 0.345 e. The van der Waals surface area contributed by atoms with Gasteiger partial charge < -0.3 is 5.32 Å². The number of aryl methyl sites for hydroxylation is 2. The van der Waals surface area contributed by atoms with E-state index in [1.54, 1.807) is 23.0 Å². The van der Waals surface area contributed by atoms with E-state index in [-0.39, 0.29) is 11.7 Å². The normalized spacial score (nSPS) is 10.9. The lowest BCUT2D eigenvalue weighted by Crippen LogP contribution is -2.26. The first kappa shape index (κ1) is 16.8. The summed E-state index contributed by atoms with van der Waals surface area (Å²) < 4.78 is 1.65. The summed E-state index contributed by atoms with van der Waals surface area (Å²) in [5.74, 6) is 0.300. The van der Waals surface area contributed by atoms with Crippen LogP contribution in [0.3, 0.4) is 0 Å². The van der Waals surface area contributed by atoms with Crippen LogP contribution >= 0.6 is 0 Å². The van der Waals surface area contributed by atoms with Gasteiger partial charge in [-0.15, -0.1) is 10.2 Å². The Morgan fingerprint density at radius 3 is 2.81 bits per heavy atom. The van der Waals surface area contributed by atoms with Crippen molar-refractivity contribution in [3.8, 4) is 11.3 Å². The number of carbonyl (C=O) groups is 1. The van der Waals surface area contributed by atoms with Gasteiger partial charge in [-0.1, -0.05) is 6.07 Å². The zero-order valence-electron chi connectivity index (χ0n) is 14.9. The summed E-state index contributed by atoms with van der Waals surface area (Å²) in [4.78, 5) is 25.5. The number of carbonyl (C=O) groups excluding carboxylic acids is 1. The first-order valence-corrected chi connectivity index (χ1v) is 8.45. The topological polar surface area (TPSA) is 98.0 Å². The number of pyridine rings is 2. The Kier molecular flexibility index (Phi) is 4.29. The molecule has 1 amide bonds. The minimum atomic E-state index is -0.322. The molecule has 0 saturated carbocycles. The van der Waals surface area contributed by atoms with Crippen LogP contribution < -0.4 is 5.32 Å². The van der Waals surface area contributed by atoms with Gasteiger partial charge in [0.2, 0.25) is 5.82 Å². The number of nitrogens with zero attached hydrogens (tertiary/aromatic N) is 6. The molecule has 1 N–H and O–H groups in total. The lowest BCUT2D eigenvalue weighted by atomic mass is 10.1. The van der Waals surface area contributed by atoms with E-state index in [0.717, 1.165) is 28.2 Å². The highest BCUT2D eigenvalue weighted by molar-refractivity contribution is 5.91. The molecule has 0 unspecified atom stereocenters. The first-order chi connectivity index (χ1) is 13.1. The van der Waals surface area contributed by atoms with Crippen LogP contribution in [-0.4, -0.2) is 35.5 Å². The van der Waals surface area contributed by atoms with Gasteiger partial charge in [0.05, 0.1) is 5.69 Å². The van der Waals surface area contributed by atoms with E-state index in [1.807, 2.05) is 44.2 Å². The Labute approximate surface area is 155 Å². The average molecular weight is 359 g/mol. The van der Waals surface area contributed by atoms with Gasteiger partial charge in [-0.05, 0) is 43.7 Å². The van der Waals surface area contributed by atoms with E-state index in [2.05, 4.69) is 30.5 Å². The standard InChI is InChI=1S/C19H17N7O/c1-12-9-13(2)26-17(24-25-19(26)23-12)18(27)22-11-15-6-4-8-21-16(15)14-5-3-7-20-10-14/h3-10H,11H2,1-2H3,(H,22,27). The fourth-order valence-electron chi connectivity index (χ4n) is 2.98. The molecular weight excluding hydrogens is 342 g/mol. The summed E-state index contributed by atoms with van der Waals surface area (Å²) in [6.45, 7) is 4.08. The number of nitrogens with one attached hydrogen (secondary N) is 1. The molecule has 8 heteroatoms. The molecule has 134 valence electrons. The zero-order chi connectivity index (χ0) is 18.8. The molecule has 0 fully saturated rings. The Bertz CT molecular complexity index is 1120. The fraction of sp³-hybridized carbons (Fsp3) is 0.158. The summed E-state index contributed by atoms with van der Waals surface area (Å²) >= 11 is 0. The van der Waals surface area contributed by atoms with Crippen LogP contribution in [0.5, 0.6) is 0 Å². The zero-order valence-corrected chi connectivity index (χ0v) is 14.9. The van der Waals surface area contributed by atoms with Crippen molar-refractivity contribution in [2.24, 2.45) is 0 Å². The second-order valence-electron chi connectivity index (χ2n) is 6.13. The summed E-state index contributed by atoms with van der Waals surface area (Å²) in [6, 6.07) is 9.43. The summed E-state index contributed by atoms with van der Waals surface area (Å²) in [6.07, 6.45) is 5.18. The van der Waals surface area contributed by atoms with Gasteiger partial charge in [-0.3, -0.25) is 19.2 Å². The smallest absolute Gasteiger partial charge is 0.289 e. The van der Waals surface area contributed by atoms with Crippen molar-refractivity contribution in [2.75, 3.05) is 0 Å². The number of fused-ring (bicyclic) bond motifs is 1. The number of rotatable bonds is 4. The quantitative estimate of drug-likeness (QED) is 0.599. The van der Waals surface area contributed by atoms with Crippen LogP contribution in [0.1, 0.15) is 27.6 Å². The van der Waals surface area contributed by atoms with Crippen LogP contribution in [0, 0.1) is 13.8 Å². The minimum absolute atomic E-state index is 0.210. The van der Waals surface area contributed by atoms with Gasteiger partial charge >= 0.3 is 0 Å². The number of aromatic nitrogens is 6. The van der Waals surface area contributed by atoms with Gasteiger partial charge in [0.15, 0.2) is 0 Å². The Morgan fingerprint density at radius 1 is 1.15 bits per heavy atom. The lowest BCUT2D eigenvalue weighted by molar-refractivity contribution is 0.0939. The second kappa shape index (κ2) is 6.91. The molecule has 4 heterocycles. The molecule has 4 aromatic heterocycles. The van der Waals surface area contributed by atoms with Crippen molar-refractivity contribution in [1.82, 2.24) is 34.9 Å². The van der Waals surface area contributed by atoms with E-state index in [9.17, 15) is 4.79 Å². The highest BCUT2D eigenvalue weighted by Gasteiger charge is 2.17. The summed E-state index contributed by atoms with van der Waals surface area (Å²) in [7, 11) is 0. The second-order valence-corrected chi connectivity index (χ2v) is 6.13. The third-order valence-corrected chi connectivity index (χ3v) is 4.16. The molecule has 8 nitrogen and oxygen atoms in total. The predicted octanol–water partition coefficient (Wildman–Crippen LogP) is 2.13. The van der Waals surface area contributed by atoms with E-state index in [1.165, 1.54) is 0 Å². The summed E-state index contributed by atoms with van der Waals surface area (Å²) in [5, 5.41) is 10.9. The highest BCUT2D eigenvalue weighted by atomic mass is 16.2. The highest BCUT2D eigenvalue weighted by Crippen LogP contribution is 2.20. The Hall–Kier alpha value is -3.68. The molecule has 0 aliphatic rings. The van der Waals surface area contributed by atoms with Crippen molar-refractivity contribution in [1.29, 1.82) is 0 Å². The van der Waals surface area contributed by atoms with Gasteiger partial charge in [0.25, 0.3) is 11.7 Å². The van der Waals surface area contributed by atoms with Gasteiger partial charge in [-0.2, -0.15) is 0 Å². The number of amides is 1. The molecule has 27 heavy (non-hydrogen) atoms. The van der Waals surface area contributed by atoms with Crippen LogP contribution in [0.15, 0.2) is 48.9 Å². The third kappa shape index (κ3) is 3.24. The molecule has 0 aliphatic carbocycles. The molecule has 0 saturated heterocycles. The Morgan fingerprint density at radius 2 is 2.00 bits per heavy atom. The van der Waals surface area contributed by atoms with E-state index >= 15 is 0 Å². The predicted molar refractivity (Wildman–Crippen MR) is 98.9 cm³/mol. The van der Waals surface area contributed by atoms with Crippen molar-refractivity contribution >= 4 is 11.7 Å². The minimum Gasteiger partial charge on any atom is -0.345 e. The molecular formula is C19H17N7O. The Balaban J connectivity index is 1.60. The maximum Gasteiger partial charge on any atom is 0.289 e. The SMILES string of the molecule is Cc1cc(C)n2c(C(=O)NCc3cccnc3-c3cccnc3)nnc2n1. The van der Waals surface area contributed by atoms with E-state index < -0.39 is 0 Å². The first-order valence-electron chi connectivity index (χ1n) is 8.45. The maximum atomic E-state index is 12.7. The molecule has 0 spiro atoms. The molecule has 0 aromatic carbocycles. The monoisotopic (exact) mass is 359 g/mol. The van der Waals surface area contributed by atoms with Crippen LogP contribution in [0.25, 0.3) is 17.0 Å². The molecule has 4 aromatic rings. The molecule has 0 atom stereocenters. The van der Waals surface area contributed by atoms with Crippen molar-refractivity contribution in [2.45, 2.75) is 20.4 Å². The lowest BCUT2D eigenvalue weighted by Gasteiger charge is -2.10. The molecule has 0 bridgehead atoms. The van der Waals surface area contributed by atoms with Crippen molar-refractivity contribution in [3.63, 3.8) is 0 Å². The molecule has 0 aliphatic heterocycles. The van der Waals surface area contributed by atoms with Gasteiger partial charge in [0.1, 0.15) is 0 Å². The van der Waals surface area contributed by atoms with Crippen LogP contribution in [0.2, 0.25) is 0 Å². The van der Waals surface area contributed by atoms with E-state index in [0.29, 0.717) is 12.3 Å². The molecule has 0 radical (unpaired) electrons. The third-order valence-electron chi connectivity index (χ3n) is 4.16. The van der Waals surface area contributed by atoms with Gasteiger partial charge in [-0.25, -0.2) is 4.98 Å². The van der Waals surface area contributed by atoms with Gasteiger partial charge in [0, 0.05) is 42.1 Å². The maximum absolute atomic E-state index is 12.7. The van der Waals surface area contributed by atoms with Crippen molar-refractivity contribution < 1.29 is 4.79 Å². The number of hydrogen-bond donors (Lipinski definition) is 1. The average Bonchev–Trinajstić information content (AvgIpc) is 3.11. The van der Waals surface area contributed by atoms with Crippen molar-refractivity contribution in [3.05, 3.63) is 71.7 Å². The van der Waals surface area contributed by atoms with Crippen LogP contribution in [0.4, 0.5) is 0 Å². The molecule has 4 rings (SSSR count). The van der Waals surface area contributed by atoms with E-state index in [4.69, 9.17) is 0 Å². The number of hydrogen-bond acceptors (Lipinski definition) is 6. The fourth-order valence-corrected chi connectivity index (χ4v) is 2.98.